The second-order valence-corrected chi connectivity index (χ2v) is 16.2. The highest BCUT2D eigenvalue weighted by Crippen LogP contribution is 2.59. The summed E-state index contributed by atoms with van der Waals surface area (Å²) < 4.78 is 7.19. The predicted octanol–water partition coefficient (Wildman–Crippen LogP) is 14.9. The van der Waals surface area contributed by atoms with Crippen molar-refractivity contribution in [2.75, 3.05) is 4.90 Å². The fraction of sp³-hybridized carbons (Fsp3) is 0.111. The molecule has 0 saturated carbocycles. The van der Waals surface area contributed by atoms with E-state index >= 15 is 0 Å². The highest BCUT2D eigenvalue weighted by molar-refractivity contribution is 5.89. The first-order valence-electron chi connectivity index (χ1n) is 19.6. The number of ether oxygens (including phenoxy) is 1. The molecule has 0 N–H and O–H groups in total. The van der Waals surface area contributed by atoms with Crippen LogP contribution in [0.15, 0.2) is 188 Å². The van der Waals surface area contributed by atoms with Gasteiger partial charge in [-0.3, -0.25) is 0 Å². The summed E-state index contributed by atoms with van der Waals surface area (Å²) in [6, 6.07) is 67.9. The van der Waals surface area contributed by atoms with Gasteiger partial charge in [-0.1, -0.05) is 179 Å². The number of hydrogen-bond donors (Lipinski definition) is 0. The Morgan fingerprint density at radius 3 is 1.30 bits per heavy atom. The molecule has 0 saturated heterocycles. The second kappa shape index (κ2) is 13.0. The lowest BCUT2D eigenvalue weighted by Gasteiger charge is -2.37. The highest BCUT2D eigenvalue weighted by atomic mass is 16.5. The van der Waals surface area contributed by atoms with Crippen molar-refractivity contribution in [3.05, 3.63) is 210 Å². The minimum Gasteiger partial charge on any atom is -0.455 e. The van der Waals surface area contributed by atoms with E-state index in [1.807, 2.05) is 0 Å². The second-order valence-electron chi connectivity index (χ2n) is 16.2. The summed E-state index contributed by atoms with van der Waals surface area (Å²) in [5.41, 5.74) is 17.6. The van der Waals surface area contributed by atoms with Crippen LogP contribution in [-0.2, 0) is 10.8 Å². The molecule has 0 bridgehead atoms. The molecule has 0 fully saturated rings. The smallest absolute Gasteiger partial charge is 0.139 e. The van der Waals surface area contributed by atoms with Crippen LogP contribution in [0, 0.1) is 0 Å². The Balaban J connectivity index is 1.05. The number of hydrogen-bond acceptors (Lipinski definition) is 2. The maximum absolute atomic E-state index is 7.19. The van der Waals surface area contributed by atoms with Crippen molar-refractivity contribution < 1.29 is 4.74 Å². The molecule has 0 atom stereocenters. The van der Waals surface area contributed by atoms with Crippen LogP contribution in [0.4, 0.5) is 17.1 Å². The minimum absolute atomic E-state index is 0.0975. The Labute approximate surface area is 330 Å². The maximum atomic E-state index is 7.19. The van der Waals surface area contributed by atoms with Gasteiger partial charge in [0.05, 0.1) is 0 Å². The molecule has 2 heteroatoms. The summed E-state index contributed by atoms with van der Waals surface area (Å²) in [5, 5.41) is 0. The Morgan fingerprint density at radius 2 is 0.732 bits per heavy atom. The molecule has 10 rings (SSSR count). The molecule has 0 radical (unpaired) electrons. The van der Waals surface area contributed by atoms with Crippen molar-refractivity contribution in [3.63, 3.8) is 0 Å². The zero-order chi connectivity index (χ0) is 38.0. The van der Waals surface area contributed by atoms with Crippen molar-refractivity contribution in [1.82, 2.24) is 0 Å². The van der Waals surface area contributed by atoms with E-state index < -0.39 is 0 Å². The molecule has 1 aliphatic heterocycles. The van der Waals surface area contributed by atoms with Gasteiger partial charge in [-0.05, 0) is 80.9 Å². The van der Waals surface area contributed by atoms with Crippen molar-refractivity contribution >= 4 is 17.1 Å². The summed E-state index contributed by atoms with van der Waals surface area (Å²) in [7, 11) is 0. The van der Waals surface area contributed by atoms with Gasteiger partial charge < -0.3 is 9.64 Å². The lowest BCUT2D eigenvalue weighted by Crippen LogP contribution is -2.25. The number of benzene rings is 8. The van der Waals surface area contributed by atoms with E-state index in [9.17, 15) is 0 Å². The number of nitrogens with zero attached hydrogens (tertiary/aromatic N) is 1. The lowest BCUT2D eigenvalue weighted by molar-refractivity contribution is 0.420. The van der Waals surface area contributed by atoms with Crippen LogP contribution < -0.4 is 9.64 Å². The Morgan fingerprint density at radius 1 is 0.321 bits per heavy atom. The van der Waals surface area contributed by atoms with E-state index in [4.69, 9.17) is 4.74 Å². The van der Waals surface area contributed by atoms with Crippen LogP contribution in [0.1, 0.15) is 49.9 Å². The monoisotopic (exact) mass is 721 g/mol. The number of fused-ring (bicyclic) bond motifs is 6. The molecule has 2 nitrogen and oxygen atoms in total. The van der Waals surface area contributed by atoms with Crippen molar-refractivity contribution in [1.29, 1.82) is 0 Å². The first-order chi connectivity index (χ1) is 27.3. The molecule has 0 aromatic heterocycles. The molecule has 56 heavy (non-hydrogen) atoms. The molecular formula is C54H43NO. The first kappa shape index (κ1) is 33.9. The normalized spacial score (nSPS) is 14.1. The van der Waals surface area contributed by atoms with Crippen LogP contribution in [0.3, 0.4) is 0 Å². The summed E-state index contributed by atoms with van der Waals surface area (Å²) in [4.78, 5) is 2.34. The topological polar surface area (TPSA) is 12.5 Å². The van der Waals surface area contributed by atoms with E-state index in [1.54, 1.807) is 0 Å². The quantitative estimate of drug-likeness (QED) is 0.169. The summed E-state index contributed by atoms with van der Waals surface area (Å²) in [6.07, 6.45) is 0. The van der Waals surface area contributed by atoms with E-state index in [0.717, 1.165) is 39.7 Å². The van der Waals surface area contributed by atoms with Gasteiger partial charge in [0, 0.05) is 50.1 Å². The molecule has 0 unspecified atom stereocenters. The summed E-state index contributed by atoms with van der Waals surface area (Å²) in [5.74, 6) is 1.93. The van der Waals surface area contributed by atoms with Crippen LogP contribution in [0.5, 0.6) is 11.5 Å². The van der Waals surface area contributed by atoms with Crippen molar-refractivity contribution in [3.8, 4) is 56.0 Å². The average molecular weight is 722 g/mol. The zero-order valence-corrected chi connectivity index (χ0v) is 32.3. The number of para-hydroxylation sites is 1. The van der Waals surface area contributed by atoms with Crippen LogP contribution in [-0.4, -0.2) is 0 Å². The Hall–Kier alpha value is -6.64. The van der Waals surface area contributed by atoms with Crippen LogP contribution >= 0.6 is 0 Å². The third-order valence-corrected chi connectivity index (χ3v) is 12.2. The minimum atomic E-state index is -0.246. The van der Waals surface area contributed by atoms with E-state index in [-0.39, 0.29) is 10.8 Å². The predicted molar refractivity (Wildman–Crippen MR) is 234 cm³/mol. The van der Waals surface area contributed by atoms with Gasteiger partial charge >= 0.3 is 0 Å². The van der Waals surface area contributed by atoms with Gasteiger partial charge in [0.1, 0.15) is 11.5 Å². The van der Waals surface area contributed by atoms with Gasteiger partial charge in [0.25, 0.3) is 0 Å². The van der Waals surface area contributed by atoms with Gasteiger partial charge in [-0.25, -0.2) is 0 Å². The van der Waals surface area contributed by atoms with Gasteiger partial charge in [-0.15, -0.1) is 0 Å². The van der Waals surface area contributed by atoms with Gasteiger partial charge in [-0.2, -0.15) is 0 Å². The fourth-order valence-electron chi connectivity index (χ4n) is 9.08. The van der Waals surface area contributed by atoms with Gasteiger partial charge in [0.2, 0.25) is 0 Å². The molecule has 8 aromatic carbocycles. The third-order valence-electron chi connectivity index (χ3n) is 12.2. The number of anilines is 3. The molecule has 0 spiro atoms. The third kappa shape index (κ3) is 5.39. The highest BCUT2D eigenvalue weighted by Gasteiger charge is 2.43. The summed E-state index contributed by atoms with van der Waals surface area (Å²) >= 11 is 0. The largest absolute Gasteiger partial charge is 0.455 e. The van der Waals surface area contributed by atoms with E-state index in [1.165, 1.54) is 55.6 Å². The van der Waals surface area contributed by atoms with Crippen molar-refractivity contribution in [2.24, 2.45) is 0 Å². The molecule has 1 aliphatic carbocycles. The fourth-order valence-corrected chi connectivity index (χ4v) is 9.08. The zero-order valence-electron chi connectivity index (χ0n) is 32.3. The van der Waals surface area contributed by atoms with Crippen LogP contribution in [0.25, 0.3) is 44.5 Å². The van der Waals surface area contributed by atoms with E-state index in [0.29, 0.717) is 0 Å². The maximum Gasteiger partial charge on any atom is 0.139 e. The molecule has 2 aliphatic rings. The molecule has 8 aromatic rings. The Bertz CT molecular complexity index is 2640. The van der Waals surface area contributed by atoms with Crippen LogP contribution in [0.2, 0.25) is 0 Å². The molecular weight excluding hydrogens is 679 g/mol. The van der Waals surface area contributed by atoms with E-state index in [2.05, 4.69) is 221 Å². The molecule has 1 heterocycles. The Kier molecular flexibility index (Phi) is 7.87. The molecule has 0 amide bonds. The van der Waals surface area contributed by atoms with Gasteiger partial charge in [0.15, 0.2) is 0 Å². The SMILES string of the molecule is CC1(C)c2cccc(-c3ccc(N(c4ccc(-c5ccccc5)cc4)c4ccc(-c5ccccc5)cc4)cc3)c2Oc2c1ccc1c2-c2ccccc2C1(C)C. The standard InChI is InChI=1S/C54H43NO/c1-53(2)46-20-12-11-18-45(46)50-47(53)34-35-49-52(50)56-51-44(19-13-21-48(51)54(49,3)4)40-26-32-43(33-27-40)55(41-28-22-38(23-29-41)36-14-7-5-8-15-36)42-30-24-39(25-31-42)37-16-9-6-10-17-37/h5-35H,1-4H3. The lowest BCUT2D eigenvalue weighted by atomic mass is 9.73. The number of rotatable bonds is 6. The average Bonchev–Trinajstić information content (AvgIpc) is 3.48. The first-order valence-corrected chi connectivity index (χ1v) is 19.6. The summed E-state index contributed by atoms with van der Waals surface area (Å²) in [6.45, 7) is 9.33. The molecule has 270 valence electrons. The van der Waals surface area contributed by atoms with Crippen molar-refractivity contribution in [2.45, 2.75) is 38.5 Å².